The lowest BCUT2D eigenvalue weighted by Gasteiger charge is -2.27. The lowest BCUT2D eigenvalue weighted by atomic mass is 10.2. The van der Waals surface area contributed by atoms with Crippen molar-refractivity contribution in [2.24, 2.45) is 5.14 Å². The third-order valence-electron chi connectivity index (χ3n) is 4.54. The van der Waals surface area contributed by atoms with Crippen molar-refractivity contribution in [2.75, 3.05) is 72.1 Å². The van der Waals surface area contributed by atoms with Crippen molar-refractivity contribution in [2.45, 2.75) is 20.1 Å². The fourth-order valence-electron chi connectivity index (χ4n) is 2.89. The van der Waals surface area contributed by atoms with Gasteiger partial charge in [-0.05, 0) is 19.0 Å². The summed E-state index contributed by atoms with van der Waals surface area (Å²) in [4.78, 5) is 2.09. The molecule has 1 atom stereocenters. The molecule has 0 spiro atoms. The lowest BCUT2D eigenvalue weighted by molar-refractivity contribution is 0.0520. The summed E-state index contributed by atoms with van der Waals surface area (Å²) < 4.78 is 64.5. The summed E-state index contributed by atoms with van der Waals surface area (Å²) in [6.45, 7) is 4.13. The van der Waals surface area contributed by atoms with Crippen molar-refractivity contribution in [1.29, 1.82) is 0 Å². The minimum atomic E-state index is -3.95. The third-order valence-corrected chi connectivity index (χ3v) is 9.85. The maximum Gasteiger partial charge on any atom is 0.247 e. The summed E-state index contributed by atoms with van der Waals surface area (Å²) in [7, 11) is -4.36. The molecule has 13 heteroatoms. The number of ether oxygens (including phenoxy) is 3. The average Bonchev–Trinajstić information content (AvgIpc) is 3.10. The molecule has 0 saturated heterocycles. The molecule has 1 aliphatic heterocycles. The maximum absolute atomic E-state index is 13.0. The fourth-order valence-corrected chi connectivity index (χ4v) is 7.25. The van der Waals surface area contributed by atoms with Gasteiger partial charge in [0.25, 0.3) is 0 Å². The minimum absolute atomic E-state index is 0.0316. The quantitative estimate of drug-likeness (QED) is 0.380. The first-order chi connectivity index (χ1) is 13.7. The van der Waals surface area contributed by atoms with Crippen molar-refractivity contribution >= 4 is 36.9 Å². The average molecular weight is 472 g/mol. The number of hydrogen-bond acceptors (Lipinski definition) is 10. The second-order valence-corrected chi connectivity index (χ2v) is 11.9. The number of anilines is 1. The van der Waals surface area contributed by atoms with E-state index in [0.29, 0.717) is 69.5 Å². The van der Waals surface area contributed by atoms with Crippen LogP contribution in [-0.2, 0) is 34.1 Å². The Balaban J connectivity index is 1.99. The molecule has 1 aromatic heterocycles. The molecular weight excluding hydrogens is 442 g/mol. The van der Waals surface area contributed by atoms with E-state index in [1.807, 2.05) is 0 Å². The number of hydrogen-bond donors (Lipinski definition) is 2. The van der Waals surface area contributed by atoms with E-state index in [0.717, 1.165) is 0 Å². The number of methoxy groups -OCH3 is 2. The molecule has 0 radical (unpaired) electrons. The molecule has 0 fully saturated rings. The molecule has 1 aliphatic rings. The summed E-state index contributed by atoms with van der Waals surface area (Å²) in [5.41, 5.74) is 0.304. The van der Waals surface area contributed by atoms with E-state index in [9.17, 15) is 16.8 Å². The molecule has 0 aromatic carbocycles. The molecule has 1 aromatic rings. The monoisotopic (exact) mass is 471 g/mol. The minimum Gasteiger partial charge on any atom is -0.383 e. The van der Waals surface area contributed by atoms with E-state index in [4.69, 9.17) is 19.3 Å². The van der Waals surface area contributed by atoms with Gasteiger partial charge in [-0.2, -0.15) is 0 Å². The Kier molecular flexibility index (Phi) is 9.28. The number of sulfone groups is 1. The Hall–Kier alpha value is -0.800. The molecule has 2 rings (SSSR count). The molecule has 0 aliphatic carbocycles. The van der Waals surface area contributed by atoms with Crippen molar-refractivity contribution in [3.8, 4) is 0 Å². The molecule has 0 amide bonds. The van der Waals surface area contributed by atoms with Crippen molar-refractivity contribution in [3.05, 3.63) is 6.07 Å². The highest BCUT2D eigenvalue weighted by Gasteiger charge is 2.37. The van der Waals surface area contributed by atoms with Crippen LogP contribution in [-0.4, -0.2) is 93.8 Å². The molecule has 168 valence electrons. The van der Waals surface area contributed by atoms with Crippen LogP contribution in [0.2, 0.25) is 0 Å². The van der Waals surface area contributed by atoms with Gasteiger partial charge in [-0.25, -0.2) is 22.0 Å². The second kappa shape index (κ2) is 11.0. The summed E-state index contributed by atoms with van der Waals surface area (Å²) in [5.74, 6) is 0. The van der Waals surface area contributed by atoms with Crippen LogP contribution in [0.25, 0.3) is 0 Å². The molecule has 3 N–H and O–H groups in total. The highest BCUT2D eigenvalue weighted by atomic mass is 32.3. The molecule has 0 saturated carbocycles. The van der Waals surface area contributed by atoms with Crippen LogP contribution < -0.4 is 10.5 Å². The van der Waals surface area contributed by atoms with Gasteiger partial charge in [0.1, 0.15) is 8.42 Å². The van der Waals surface area contributed by atoms with Crippen LogP contribution in [0.1, 0.15) is 6.42 Å². The van der Waals surface area contributed by atoms with Gasteiger partial charge in [0, 0.05) is 33.9 Å². The maximum atomic E-state index is 13.0. The van der Waals surface area contributed by atoms with Crippen LogP contribution in [0.15, 0.2) is 14.5 Å². The number of primary sulfonamides is 1. The first-order valence-corrected chi connectivity index (χ1v) is 13.0. The van der Waals surface area contributed by atoms with Gasteiger partial charge < -0.3 is 19.5 Å². The topological polar surface area (TPSA) is 137 Å². The first kappa shape index (κ1) is 24.5. The van der Waals surface area contributed by atoms with Crippen LogP contribution in [0.3, 0.4) is 0 Å². The Morgan fingerprint density at radius 1 is 1.17 bits per heavy atom. The van der Waals surface area contributed by atoms with Crippen LogP contribution in [0.4, 0.5) is 5.69 Å². The van der Waals surface area contributed by atoms with Gasteiger partial charge in [0.05, 0.1) is 37.4 Å². The number of rotatable bonds is 13. The van der Waals surface area contributed by atoms with Crippen molar-refractivity contribution in [1.82, 2.24) is 4.90 Å². The smallest absolute Gasteiger partial charge is 0.247 e. The van der Waals surface area contributed by atoms with Crippen LogP contribution >= 0.6 is 11.3 Å². The lowest BCUT2D eigenvalue weighted by Crippen LogP contribution is -2.39. The van der Waals surface area contributed by atoms with E-state index in [1.54, 1.807) is 14.2 Å². The second-order valence-electron chi connectivity index (χ2n) is 6.59. The molecule has 29 heavy (non-hydrogen) atoms. The Labute approximate surface area is 176 Å². The molecule has 1 unspecified atom stereocenters. The Morgan fingerprint density at radius 2 is 1.86 bits per heavy atom. The Morgan fingerprint density at radius 3 is 2.52 bits per heavy atom. The number of nitrogens with two attached hydrogens (primary N) is 1. The summed E-state index contributed by atoms with van der Waals surface area (Å²) in [6.07, 6.45) is 0.402. The van der Waals surface area contributed by atoms with Crippen LogP contribution in [0.5, 0.6) is 0 Å². The van der Waals surface area contributed by atoms with E-state index in [-0.39, 0.29) is 15.0 Å². The van der Waals surface area contributed by atoms with Gasteiger partial charge in [-0.1, -0.05) is 0 Å². The SMILES string of the molecule is COCCOCCN(CCOC)CCC1CNc2cc(S(N)(=O)=O)sc2S1(=O)=O. The van der Waals surface area contributed by atoms with Gasteiger partial charge in [0.2, 0.25) is 10.0 Å². The highest BCUT2D eigenvalue weighted by Crippen LogP contribution is 2.39. The largest absolute Gasteiger partial charge is 0.383 e. The Bertz CT molecular complexity index is 855. The van der Waals surface area contributed by atoms with Gasteiger partial charge in [-0.3, -0.25) is 4.90 Å². The fraction of sp³-hybridized carbons (Fsp3) is 0.750. The number of thiophene rings is 1. The van der Waals surface area contributed by atoms with Gasteiger partial charge >= 0.3 is 0 Å². The van der Waals surface area contributed by atoms with E-state index < -0.39 is 25.1 Å². The number of sulfonamides is 1. The third kappa shape index (κ3) is 6.85. The van der Waals surface area contributed by atoms with Gasteiger partial charge in [-0.15, -0.1) is 11.3 Å². The zero-order valence-corrected chi connectivity index (χ0v) is 19.1. The predicted molar refractivity (Wildman–Crippen MR) is 111 cm³/mol. The standard InChI is InChI=1S/C16H29N3O7S3/c1-24-7-5-19(6-8-26-10-9-25-2)4-3-13-12-18-14-11-15(29(17,22)23)27-16(14)28(13,20)21/h11,13,18H,3-10,12H2,1-2H3,(H2,17,22,23). The number of fused-ring (bicyclic) bond motifs is 1. The van der Waals surface area contributed by atoms with E-state index in [2.05, 4.69) is 10.2 Å². The number of nitrogens with one attached hydrogen (secondary N) is 1. The summed E-state index contributed by atoms with van der Waals surface area (Å²) in [6, 6.07) is 1.28. The molecule has 0 bridgehead atoms. The predicted octanol–water partition coefficient (Wildman–Crippen LogP) is -0.0352. The zero-order valence-electron chi connectivity index (χ0n) is 16.6. The van der Waals surface area contributed by atoms with Gasteiger partial charge in [0.15, 0.2) is 9.84 Å². The van der Waals surface area contributed by atoms with E-state index in [1.165, 1.54) is 6.07 Å². The number of nitrogens with zero attached hydrogens (tertiary/aromatic N) is 1. The molecule has 2 heterocycles. The zero-order chi connectivity index (χ0) is 21.5. The van der Waals surface area contributed by atoms with E-state index >= 15 is 0 Å². The van der Waals surface area contributed by atoms with Crippen LogP contribution in [0, 0.1) is 0 Å². The molecule has 10 nitrogen and oxygen atoms in total. The summed E-state index contributed by atoms with van der Waals surface area (Å²) in [5, 5.41) is 7.51. The first-order valence-electron chi connectivity index (χ1n) is 9.12. The molecular formula is C16H29N3O7S3. The summed E-state index contributed by atoms with van der Waals surface area (Å²) >= 11 is 0.694. The van der Waals surface area contributed by atoms with Crippen molar-refractivity contribution < 1.29 is 31.0 Å². The highest BCUT2D eigenvalue weighted by molar-refractivity contribution is 7.95. The van der Waals surface area contributed by atoms with Crippen molar-refractivity contribution in [3.63, 3.8) is 0 Å². The normalized spacial score (nSPS) is 18.6.